The summed E-state index contributed by atoms with van der Waals surface area (Å²) in [5.41, 5.74) is 0.875. The SMILES string of the molecule is COC(=O)C1CC2(CN1C(=O)OCc1ccccc1)OCCCO2. The van der Waals surface area contributed by atoms with Gasteiger partial charge in [0.2, 0.25) is 0 Å². The van der Waals surface area contributed by atoms with Gasteiger partial charge >= 0.3 is 12.1 Å². The first-order valence-corrected chi connectivity index (χ1v) is 7.97. The summed E-state index contributed by atoms with van der Waals surface area (Å²) in [7, 11) is 1.30. The summed E-state index contributed by atoms with van der Waals surface area (Å²) in [6, 6.07) is 8.59. The molecule has 2 fully saturated rings. The Kier molecular flexibility index (Phi) is 5.01. The highest BCUT2D eigenvalue weighted by Gasteiger charge is 2.52. The third-order valence-electron chi connectivity index (χ3n) is 4.22. The average Bonchev–Trinajstić information content (AvgIpc) is 2.99. The van der Waals surface area contributed by atoms with Gasteiger partial charge in [-0.25, -0.2) is 9.59 Å². The quantitative estimate of drug-likeness (QED) is 0.783. The largest absolute Gasteiger partial charge is 0.467 e. The van der Waals surface area contributed by atoms with Crippen LogP contribution in [0.15, 0.2) is 30.3 Å². The van der Waals surface area contributed by atoms with Crippen LogP contribution in [0.4, 0.5) is 4.79 Å². The predicted molar refractivity (Wildman–Crippen MR) is 83.0 cm³/mol. The Bertz CT molecular complexity index is 584. The maximum Gasteiger partial charge on any atom is 0.411 e. The second-order valence-electron chi connectivity index (χ2n) is 5.87. The lowest BCUT2D eigenvalue weighted by Crippen LogP contribution is -2.44. The smallest absolute Gasteiger partial charge is 0.411 e. The number of esters is 1. The Morgan fingerprint density at radius 3 is 2.62 bits per heavy atom. The number of ether oxygens (including phenoxy) is 4. The van der Waals surface area contributed by atoms with Crippen molar-refractivity contribution >= 4 is 12.1 Å². The average molecular weight is 335 g/mol. The Morgan fingerprint density at radius 2 is 1.96 bits per heavy atom. The molecule has 0 aliphatic carbocycles. The lowest BCUT2D eigenvalue weighted by atomic mass is 10.1. The van der Waals surface area contributed by atoms with E-state index in [2.05, 4.69) is 0 Å². The number of benzene rings is 1. The molecular formula is C17H21NO6. The summed E-state index contributed by atoms with van der Waals surface area (Å²) in [6.07, 6.45) is 0.465. The van der Waals surface area contributed by atoms with E-state index < -0.39 is 23.9 Å². The summed E-state index contributed by atoms with van der Waals surface area (Å²) >= 11 is 0. The zero-order chi connectivity index (χ0) is 17.0. The van der Waals surface area contributed by atoms with Gasteiger partial charge in [-0.3, -0.25) is 4.90 Å². The van der Waals surface area contributed by atoms with Crippen LogP contribution in [0.3, 0.4) is 0 Å². The van der Waals surface area contributed by atoms with Crippen LogP contribution in [-0.2, 0) is 30.3 Å². The number of carbonyl (C=O) groups excluding carboxylic acids is 2. The van der Waals surface area contributed by atoms with E-state index in [1.54, 1.807) is 0 Å². The van der Waals surface area contributed by atoms with Crippen molar-refractivity contribution in [2.24, 2.45) is 0 Å². The molecule has 2 aliphatic heterocycles. The maximum absolute atomic E-state index is 12.5. The fraction of sp³-hybridized carbons (Fsp3) is 0.529. The van der Waals surface area contributed by atoms with E-state index in [9.17, 15) is 9.59 Å². The standard InChI is InChI=1S/C17H21NO6/c1-21-15(19)14-10-17(23-8-5-9-24-17)12-18(14)16(20)22-11-13-6-3-2-4-7-13/h2-4,6-7,14H,5,8-12H2,1H3. The molecule has 0 bridgehead atoms. The van der Waals surface area contributed by atoms with Gasteiger partial charge in [-0.05, 0) is 12.0 Å². The van der Waals surface area contributed by atoms with Crippen LogP contribution >= 0.6 is 0 Å². The van der Waals surface area contributed by atoms with Crippen molar-refractivity contribution in [2.75, 3.05) is 26.9 Å². The molecule has 0 radical (unpaired) electrons. The highest BCUT2D eigenvalue weighted by atomic mass is 16.7. The van der Waals surface area contributed by atoms with Gasteiger partial charge in [0.1, 0.15) is 12.6 Å². The topological polar surface area (TPSA) is 74.3 Å². The molecule has 24 heavy (non-hydrogen) atoms. The molecule has 1 amide bonds. The van der Waals surface area contributed by atoms with Crippen LogP contribution in [0.1, 0.15) is 18.4 Å². The van der Waals surface area contributed by atoms with Gasteiger partial charge in [0, 0.05) is 6.42 Å². The molecule has 2 heterocycles. The fourth-order valence-electron chi connectivity index (χ4n) is 3.01. The molecule has 2 aliphatic rings. The summed E-state index contributed by atoms with van der Waals surface area (Å²) in [4.78, 5) is 25.8. The van der Waals surface area contributed by atoms with Crippen LogP contribution in [-0.4, -0.2) is 55.7 Å². The van der Waals surface area contributed by atoms with E-state index in [0.717, 1.165) is 12.0 Å². The number of hydrogen-bond donors (Lipinski definition) is 0. The Labute approximate surface area is 140 Å². The van der Waals surface area contributed by atoms with Crippen molar-refractivity contribution in [3.8, 4) is 0 Å². The first kappa shape index (κ1) is 16.7. The van der Waals surface area contributed by atoms with Crippen molar-refractivity contribution in [3.05, 3.63) is 35.9 Å². The molecule has 130 valence electrons. The normalized spacial score (nSPS) is 22.4. The van der Waals surface area contributed by atoms with E-state index in [-0.39, 0.29) is 19.6 Å². The monoisotopic (exact) mass is 335 g/mol. The van der Waals surface area contributed by atoms with Crippen molar-refractivity contribution in [1.82, 2.24) is 4.90 Å². The summed E-state index contributed by atoms with van der Waals surface area (Å²) in [5, 5.41) is 0. The van der Waals surface area contributed by atoms with Crippen LogP contribution in [0, 0.1) is 0 Å². The summed E-state index contributed by atoms with van der Waals surface area (Å²) in [6.45, 7) is 1.38. The molecule has 1 aromatic rings. The van der Waals surface area contributed by atoms with Crippen LogP contribution in [0.2, 0.25) is 0 Å². The zero-order valence-electron chi connectivity index (χ0n) is 13.6. The van der Waals surface area contributed by atoms with Gasteiger partial charge in [-0.15, -0.1) is 0 Å². The number of likely N-dealkylation sites (tertiary alicyclic amines) is 1. The maximum atomic E-state index is 12.5. The lowest BCUT2D eigenvalue weighted by Gasteiger charge is -2.33. The Hall–Kier alpha value is -2.12. The fourth-order valence-corrected chi connectivity index (χ4v) is 3.01. The molecule has 7 nitrogen and oxygen atoms in total. The minimum atomic E-state index is -0.942. The van der Waals surface area contributed by atoms with Gasteiger partial charge in [0.15, 0.2) is 5.79 Å². The van der Waals surface area contributed by atoms with Crippen LogP contribution in [0.25, 0.3) is 0 Å². The molecule has 2 saturated heterocycles. The molecule has 1 spiro atoms. The second-order valence-corrected chi connectivity index (χ2v) is 5.87. The lowest BCUT2D eigenvalue weighted by molar-refractivity contribution is -0.257. The first-order valence-electron chi connectivity index (χ1n) is 7.97. The number of hydrogen-bond acceptors (Lipinski definition) is 6. The number of amides is 1. The number of methoxy groups -OCH3 is 1. The number of carbonyl (C=O) groups is 2. The Balaban J connectivity index is 1.68. The molecule has 0 aromatic heterocycles. The van der Waals surface area contributed by atoms with Crippen molar-refractivity contribution in [2.45, 2.75) is 31.3 Å². The molecule has 1 unspecified atom stereocenters. The van der Waals surface area contributed by atoms with E-state index in [4.69, 9.17) is 18.9 Å². The van der Waals surface area contributed by atoms with Gasteiger partial charge in [0.05, 0.1) is 26.9 Å². The van der Waals surface area contributed by atoms with Crippen molar-refractivity contribution < 1.29 is 28.5 Å². The summed E-state index contributed by atoms with van der Waals surface area (Å²) < 4.78 is 21.6. The van der Waals surface area contributed by atoms with Crippen molar-refractivity contribution in [3.63, 3.8) is 0 Å². The van der Waals surface area contributed by atoms with Gasteiger partial charge in [-0.2, -0.15) is 0 Å². The highest BCUT2D eigenvalue weighted by Crippen LogP contribution is 2.35. The zero-order valence-corrected chi connectivity index (χ0v) is 13.6. The van der Waals surface area contributed by atoms with E-state index in [1.165, 1.54) is 12.0 Å². The van der Waals surface area contributed by atoms with E-state index >= 15 is 0 Å². The van der Waals surface area contributed by atoms with Gasteiger partial charge in [-0.1, -0.05) is 30.3 Å². The molecular weight excluding hydrogens is 314 g/mol. The first-order chi connectivity index (χ1) is 11.6. The van der Waals surface area contributed by atoms with Gasteiger partial charge in [0.25, 0.3) is 0 Å². The highest BCUT2D eigenvalue weighted by molar-refractivity contribution is 5.82. The molecule has 0 N–H and O–H groups in total. The minimum absolute atomic E-state index is 0.138. The van der Waals surface area contributed by atoms with Crippen LogP contribution in [0.5, 0.6) is 0 Å². The van der Waals surface area contributed by atoms with E-state index in [0.29, 0.717) is 13.2 Å². The van der Waals surface area contributed by atoms with Crippen LogP contribution < -0.4 is 0 Å². The molecule has 1 aromatic carbocycles. The minimum Gasteiger partial charge on any atom is -0.467 e. The second kappa shape index (κ2) is 7.19. The molecule has 1 atom stereocenters. The number of nitrogens with zero attached hydrogens (tertiary/aromatic N) is 1. The van der Waals surface area contributed by atoms with Crippen molar-refractivity contribution in [1.29, 1.82) is 0 Å². The van der Waals surface area contributed by atoms with Gasteiger partial charge < -0.3 is 18.9 Å². The third-order valence-corrected chi connectivity index (χ3v) is 4.22. The Morgan fingerprint density at radius 1 is 1.25 bits per heavy atom. The predicted octanol–water partition coefficient (Wildman–Crippen LogP) is 1.70. The summed E-state index contributed by atoms with van der Waals surface area (Å²) in [5.74, 6) is -1.44. The third kappa shape index (κ3) is 3.52. The molecule has 3 rings (SSSR count). The molecule has 0 saturated carbocycles. The van der Waals surface area contributed by atoms with E-state index in [1.807, 2.05) is 30.3 Å². The number of rotatable bonds is 3. The molecule has 7 heteroatoms.